The number of anilines is 2. The lowest BCUT2D eigenvalue weighted by atomic mass is 9.73. The molecule has 3 atom stereocenters. The first-order valence-corrected chi connectivity index (χ1v) is 12.2. The Morgan fingerprint density at radius 2 is 1.87 bits per heavy atom. The molecule has 2 unspecified atom stereocenters. The number of hydrogen-bond acceptors (Lipinski definition) is 8. The third-order valence-electron chi connectivity index (χ3n) is 7.30. The molecule has 1 N–H and O–H groups in total. The van der Waals surface area contributed by atoms with Crippen molar-refractivity contribution < 1.29 is 9.32 Å². The first-order valence-electron chi connectivity index (χ1n) is 10.5. The van der Waals surface area contributed by atoms with E-state index in [2.05, 4.69) is 24.8 Å². The molecule has 2 aromatic rings. The Balaban J connectivity index is 1.26. The zero-order valence-electron chi connectivity index (χ0n) is 16.4. The lowest BCUT2D eigenvalue weighted by molar-refractivity contribution is 0.119. The minimum atomic E-state index is -1.14. The molecule has 2 saturated carbocycles. The Kier molecular flexibility index (Phi) is 4.30. The van der Waals surface area contributed by atoms with Crippen LogP contribution in [-0.4, -0.2) is 59.4 Å². The summed E-state index contributed by atoms with van der Waals surface area (Å²) in [5.41, 5.74) is -0.311. The second-order valence-electron chi connectivity index (χ2n) is 8.87. The van der Waals surface area contributed by atoms with Crippen LogP contribution in [0.3, 0.4) is 0 Å². The highest BCUT2D eigenvalue weighted by atomic mass is 35.5. The van der Waals surface area contributed by atoms with E-state index in [1.54, 1.807) is 18.6 Å². The summed E-state index contributed by atoms with van der Waals surface area (Å²) in [5.74, 6) is 3.04. The number of piperidine rings is 1. The number of fused-ring (bicyclic) bond motifs is 3. The van der Waals surface area contributed by atoms with Crippen molar-refractivity contribution in [3.63, 3.8) is 0 Å². The fourth-order valence-corrected chi connectivity index (χ4v) is 6.88. The molecular weight excluding hydrogens is 424 g/mol. The summed E-state index contributed by atoms with van der Waals surface area (Å²) in [7, 11) is -1.14. The smallest absolute Gasteiger partial charge is 0.227 e. The van der Waals surface area contributed by atoms with E-state index in [4.69, 9.17) is 16.6 Å². The lowest BCUT2D eigenvalue weighted by Crippen LogP contribution is -2.61. The van der Waals surface area contributed by atoms with E-state index >= 15 is 0 Å². The van der Waals surface area contributed by atoms with Crippen LogP contribution in [0.15, 0.2) is 23.5 Å². The van der Waals surface area contributed by atoms with Crippen molar-refractivity contribution in [3.05, 3.63) is 29.4 Å². The second kappa shape index (κ2) is 6.83. The summed E-state index contributed by atoms with van der Waals surface area (Å²) in [5, 5.41) is 10.6. The molecule has 7 rings (SSSR count). The number of hydrogen-bond donors (Lipinski definition) is 1. The van der Waals surface area contributed by atoms with E-state index in [0.29, 0.717) is 39.7 Å². The number of aliphatic hydroxyl groups excluding tert-OH is 1. The molecule has 0 radical (unpaired) electrons. The maximum absolute atomic E-state index is 12.6. The van der Waals surface area contributed by atoms with Gasteiger partial charge in [-0.15, -0.1) is 0 Å². The van der Waals surface area contributed by atoms with Gasteiger partial charge in [-0.05, 0) is 38.5 Å². The summed E-state index contributed by atoms with van der Waals surface area (Å²) in [6.07, 6.45) is 11.0. The Hall–Kier alpha value is -1.84. The topological polar surface area (TPSA) is 95.3 Å². The van der Waals surface area contributed by atoms with Gasteiger partial charge in [0.2, 0.25) is 5.95 Å². The van der Waals surface area contributed by atoms with Crippen LogP contribution in [0.2, 0.25) is 5.02 Å². The summed E-state index contributed by atoms with van der Waals surface area (Å²) in [6, 6.07) is 0.726. The summed E-state index contributed by atoms with van der Waals surface area (Å²) in [4.78, 5) is 23.4. The predicted octanol–water partition coefficient (Wildman–Crippen LogP) is 2.24. The molecule has 158 valence electrons. The van der Waals surface area contributed by atoms with Crippen molar-refractivity contribution in [1.29, 1.82) is 0 Å². The quantitative estimate of drug-likeness (QED) is 0.764. The molecule has 30 heavy (non-hydrogen) atoms. The molecule has 10 heteroatoms. The molecule has 8 nitrogen and oxygen atoms in total. The van der Waals surface area contributed by atoms with Crippen molar-refractivity contribution in [2.24, 2.45) is 0 Å². The Morgan fingerprint density at radius 3 is 2.50 bits per heavy atom. The van der Waals surface area contributed by atoms with Crippen LogP contribution in [0.4, 0.5) is 11.8 Å². The number of rotatable bonds is 4. The number of aromatic nitrogens is 4. The normalized spacial score (nSPS) is 31.1. The van der Waals surface area contributed by atoms with E-state index in [0.717, 1.165) is 50.2 Å². The molecule has 0 spiro atoms. The van der Waals surface area contributed by atoms with Gasteiger partial charge in [0.1, 0.15) is 16.6 Å². The third kappa shape index (κ3) is 2.71. The minimum Gasteiger partial charge on any atom is -0.394 e. The van der Waals surface area contributed by atoms with Crippen molar-refractivity contribution in [2.45, 2.75) is 67.0 Å². The second-order valence-corrected chi connectivity index (χ2v) is 10.7. The van der Waals surface area contributed by atoms with Gasteiger partial charge in [0, 0.05) is 30.4 Å². The van der Waals surface area contributed by atoms with Gasteiger partial charge in [-0.1, -0.05) is 11.6 Å². The van der Waals surface area contributed by atoms with Crippen LogP contribution in [0, 0.1) is 0 Å². The maximum atomic E-state index is 12.6. The van der Waals surface area contributed by atoms with Gasteiger partial charge in [0.05, 0.1) is 34.2 Å². The predicted molar refractivity (Wildman–Crippen MR) is 113 cm³/mol. The van der Waals surface area contributed by atoms with Crippen LogP contribution in [0.1, 0.15) is 50.3 Å². The molecule has 2 saturated heterocycles. The van der Waals surface area contributed by atoms with Gasteiger partial charge < -0.3 is 14.9 Å². The highest BCUT2D eigenvalue weighted by molar-refractivity contribution is 7.85. The molecule has 0 aromatic carbocycles. The molecule has 2 aromatic heterocycles. The van der Waals surface area contributed by atoms with Gasteiger partial charge in [0.15, 0.2) is 5.82 Å². The van der Waals surface area contributed by atoms with Crippen molar-refractivity contribution in [3.8, 4) is 0 Å². The van der Waals surface area contributed by atoms with Crippen LogP contribution in [0.5, 0.6) is 0 Å². The Morgan fingerprint density at radius 1 is 1.13 bits per heavy atom. The molecule has 5 heterocycles. The van der Waals surface area contributed by atoms with Crippen molar-refractivity contribution >= 4 is 34.2 Å². The fourth-order valence-electron chi connectivity index (χ4n) is 5.48. The molecule has 0 amide bonds. The SMILES string of the molecule is O=[S@@]1CN(C2(CO)CCC2)c2nc(N3C4CC(c5ncc(Cl)cn5)CC3C4)ncc21. The first kappa shape index (κ1) is 18.9. The Labute approximate surface area is 182 Å². The van der Waals surface area contributed by atoms with Crippen molar-refractivity contribution in [1.82, 2.24) is 19.9 Å². The average molecular weight is 447 g/mol. The summed E-state index contributed by atoms with van der Waals surface area (Å²) >= 11 is 5.93. The van der Waals surface area contributed by atoms with Gasteiger partial charge in [-0.25, -0.2) is 15.0 Å². The Bertz CT molecular complexity index is 999. The molecule has 3 aliphatic heterocycles. The standard InChI is InChI=1S/C20H23ClN6O2S/c21-13-7-22-17(23-8-13)12-4-14-6-15(5-12)27(14)19-24-9-16-18(25-19)26(11-30(16)29)20(10-28)2-1-3-20/h7-9,12,14-15,28H,1-6,10-11H2/t12?,14?,15?,30-/m1/s1. The highest BCUT2D eigenvalue weighted by Crippen LogP contribution is 2.48. The van der Waals surface area contributed by atoms with E-state index in [9.17, 15) is 9.32 Å². The van der Waals surface area contributed by atoms with Gasteiger partial charge >= 0.3 is 0 Å². The van der Waals surface area contributed by atoms with E-state index in [1.807, 2.05) is 0 Å². The maximum Gasteiger partial charge on any atom is 0.227 e. The summed E-state index contributed by atoms with van der Waals surface area (Å²) in [6.45, 7) is 0.0702. The molecule has 2 aliphatic carbocycles. The lowest BCUT2D eigenvalue weighted by Gasteiger charge is -2.55. The zero-order chi connectivity index (χ0) is 20.5. The van der Waals surface area contributed by atoms with E-state index < -0.39 is 10.8 Å². The van der Waals surface area contributed by atoms with Gasteiger partial charge in [-0.3, -0.25) is 4.21 Å². The number of nitrogens with zero attached hydrogens (tertiary/aromatic N) is 6. The van der Waals surface area contributed by atoms with Gasteiger partial charge in [0.25, 0.3) is 0 Å². The highest BCUT2D eigenvalue weighted by Gasteiger charge is 2.50. The summed E-state index contributed by atoms with van der Waals surface area (Å²) < 4.78 is 12.6. The monoisotopic (exact) mass is 446 g/mol. The van der Waals surface area contributed by atoms with Crippen molar-refractivity contribution in [2.75, 3.05) is 22.3 Å². The number of aliphatic hydroxyl groups is 1. The molecular formula is C20H23ClN6O2S. The zero-order valence-corrected chi connectivity index (χ0v) is 18.0. The molecule has 4 fully saturated rings. The van der Waals surface area contributed by atoms with Crippen LogP contribution >= 0.6 is 11.6 Å². The molecule has 5 aliphatic rings. The van der Waals surface area contributed by atoms with E-state index in [-0.39, 0.29) is 12.1 Å². The minimum absolute atomic E-state index is 0.0702. The molecule has 2 bridgehead atoms. The van der Waals surface area contributed by atoms with E-state index in [1.165, 1.54) is 0 Å². The van der Waals surface area contributed by atoms with Crippen LogP contribution in [-0.2, 0) is 10.8 Å². The average Bonchev–Trinajstić information content (AvgIpc) is 3.04. The largest absolute Gasteiger partial charge is 0.394 e. The van der Waals surface area contributed by atoms with Crippen LogP contribution < -0.4 is 9.80 Å². The third-order valence-corrected chi connectivity index (χ3v) is 8.77. The first-order chi connectivity index (χ1) is 14.6. The fraction of sp³-hybridized carbons (Fsp3) is 0.600. The van der Waals surface area contributed by atoms with Gasteiger partial charge in [-0.2, -0.15) is 4.98 Å². The number of halogens is 1. The van der Waals surface area contributed by atoms with Crippen LogP contribution in [0.25, 0.3) is 0 Å².